The Kier molecular flexibility index (Phi) is 2.74. The number of carbonyl (C=O) groups is 1. The van der Waals surface area contributed by atoms with Crippen LogP contribution in [0, 0.1) is 5.92 Å². The van der Waals surface area contributed by atoms with Gasteiger partial charge in [-0.1, -0.05) is 6.42 Å². The Morgan fingerprint density at radius 2 is 2.21 bits per heavy atom. The van der Waals surface area contributed by atoms with E-state index in [1.807, 2.05) is 12.1 Å². The third kappa shape index (κ3) is 1.53. The van der Waals surface area contributed by atoms with Crippen LogP contribution in [0.25, 0.3) is 0 Å². The Morgan fingerprint density at radius 1 is 1.50 bits per heavy atom. The van der Waals surface area contributed by atoms with E-state index in [1.165, 1.54) is 19.3 Å². The Labute approximate surface area is 84.5 Å². The van der Waals surface area contributed by atoms with Crippen LogP contribution in [0.15, 0.2) is 0 Å². The van der Waals surface area contributed by atoms with Gasteiger partial charge in [-0.15, -0.1) is 0 Å². The molecule has 1 aliphatic heterocycles. The molecule has 4 nitrogen and oxygen atoms in total. The minimum Gasteiger partial charge on any atom is -0.394 e. The molecule has 1 aliphatic carbocycles. The van der Waals surface area contributed by atoms with E-state index in [0.29, 0.717) is 24.9 Å². The number of hydrogen-bond donors (Lipinski definition) is 1. The van der Waals surface area contributed by atoms with Gasteiger partial charge in [-0.2, -0.15) is 0 Å². The molecule has 1 atom stereocenters. The van der Waals surface area contributed by atoms with Gasteiger partial charge in [0.05, 0.1) is 13.2 Å². The van der Waals surface area contributed by atoms with Crippen molar-refractivity contribution in [1.29, 1.82) is 0 Å². The van der Waals surface area contributed by atoms with Crippen molar-refractivity contribution in [1.82, 2.24) is 10.0 Å². The molecule has 0 aromatic heterocycles. The number of amides is 1. The Morgan fingerprint density at radius 3 is 2.71 bits per heavy atom. The second-order valence-corrected chi connectivity index (χ2v) is 4.28. The summed E-state index contributed by atoms with van der Waals surface area (Å²) in [6, 6.07) is 0.391. The van der Waals surface area contributed by atoms with Crippen molar-refractivity contribution in [2.24, 2.45) is 5.92 Å². The van der Waals surface area contributed by atoms with Gasteiger partial charge in [-0.3, -0.25) is 9.80 Å². The largest absolute Gasteiger partial charge is 0.394 e. The van der Waals surface area contributed by atoms with Crippen LogP contribution in [0.4, 0.5) is 0 Å². The fourth-order valence-electron chi connectivity index (χ4n) is 2.44. The summed E-state index contributed by atoms with van der Waals surface area (Å²) >= 11 is 0. The first-order chi connectivity index (χ1) is 6.74. The highest BCUT2D eigenvalue weighted by atomic mass is 16.3. The zero-order chi connectivity index (χ0) is 10.1. The minimum atomic E-state index is 0.0491. The summed E-state index contributed by atoms with van der Waals surface area (Å²) in [6.45, 7) is 0.492. The van der Waals surface area contributed by atoms with Crippen molar-refractivity contribution in [2.45, 2.75) is 31.7 Å². The summed E-state index contributed by atoms with van der Waals surface area (Å²) in [4.78, 5) is 11.6. The van der Waals surface area contributed by atoms with Gasteiger partial charge in [0.2, 0.25) is 5.91 Å². The van der Waals surface area contributed by atoms with Gasteiger partial charge >= 0.3 is 0 Å². The summed E-state index contributed by atoms with van der Waals surface area (Å²) in [5, 5.41) is 12.6. The monoisotopic (exact) mass is 198 g/mol. The molecule has 0 spiro atoms. The number of rotatable bonds is 3. The van der Waals surface area contributed by atoms with E-state index >= 15 is 0 Å². The number of carbonyl (C=O) groups excluding carboxylic acids is 1. The topological polar surface area (TPSA) is 43.8 Å². The smallest absolute Gasteiger partial charge is 0.238 e. The molecule has 1 unspecified atom stereocenters. The number of hydrogen-bond acceptors (Lipinski definition) is 3. The Hall–Kier alpha value is -0.610. The predicted molar refractivity (Wildman–Crippen MR) is 52.3 cm³/mol. The first-order valence-corrected chi connectivity index (χ1v) is 5.38. The van der Waals surface area contributed by atoms with Crippen LogP contribution >= 0.6 is 0 Å². The summed E-state index contributed by atoms with van der Waals surface area (Å²) in [7, 11) is 1.96. The molecule has 2 fully saturated rings. The van der Waals surface area contributed by atoms with E-state index in [1.54, 1.807) is 5.01 Å². The Balaban J connectivity index is 1.98. The number of β-amino-alcohol motifs (C(OH)–C–C–N with tert-alkyl or cyclic N) is 1. The zero-order valence-corrected chi connectivity index (χ0v) is 8.65. The van der Waals surface area contributed by atoms with Crippen LogP contribution in [0.3, 0.4) is 0 Å². The molecule has 1 amide bonds. The second-order valence-electron chi connectivity index (χ2n) is 4.28. The molecule has 1 saturated heterocycles. The highest BCUT2D eigenvalue weighted by Gasteiger charge is 2.41. The minimum absolute atomic E-state index is 0.0491. The van der Waals surface area contributed by atoms with Crippen LogP contribution in [0.5, 0.6) is 0 Å². The number of hydrazine groups is 1. The average Bonchev–Trinajstić information content (AvgIpc) is 2.31. The van der Waals surface area contributed by atoms with E-state index < -0.39 is 0 Å². The lowest BCUT2D eigenvalue weighted by molar-refractivity contribution is -0.138. The maximum atomic E-state index is 11.6. The van der Waals surface area contributed by atoms with E-state index in [-0.39, 0.29) is 12.5 Å². The van der Waals surface area contributed by atoms with Crippen LogP contribution < -0.4 is 0 Å². The summed E-state index contributed by atoms with van der Waals surface area (Å²) < 4.78 is 0. The van der Waals surface area contributed by atoms with E-state index in [2.05, 4.69) is 0 Å². The quantitative estimate of drug-likeness (QED) is 0.706. The first kappa shape index (κ1) is 9.93. The van der Waals surface area contributed by atoms with Gasteiger partial charge in [-0.05, 0) is 18.8 Å². The molecule has 2 aliphatic rings. The maximum absolute atomic E-state index is 11.6. The molecular weight excluding hydrogens is 180 g/mol. The molecule has 1 heterocycles. The molecule has 1 saturated carbocycles. The van der Waals surface area contributed by atoms with E-state index in [0.717, 1.165) is 0 Å². The van der Waals surface area contributed by atoms with Crippen LogP contribution in [-0.4, -0.2) is 47.3 Å². The van der Waals surface area contributed by atoms with Crippen molar-refractivity contribution >= 4 is 5.91 Å². The van der Waals surface area contributed by atoms with Crippen molar-refractivity contribution in [3.63, 3.8) is 0 Å². The SMILES string of the molecule is CN1C(C2CCC2)CC(=O)N1CCO. The van der Waals surface area contributed by atoms with Crippen molar-refractivity contribution in [2.75, 3.05) is 20.2 Å². The van der Waals surface area contributed by atoms with Crippen molar-refractivity contribution < 1.29 is 9.90 Å². The lowest BCUT2D eigenvalue weighted by Crippen LogP contribution is -2.44. The average molecular weight is 198 g/mol. The van der Waals surface area contributed by atoms with Gasteiger partial charge in [0, 0.05) is 19.5 Å². The van der Waals surface area contributed by atoms with E-state index in [4.69, 9.17) is 5.11 Å². The van der Waals surface area contributed by atoms with Crippen LogP contribution in [0.2, 0.25) is 0 Å². The highest BCUT2D eigenvalue weighted by Crippen LogP contribution is 2.36. The Bertz CT molecular complexity index is 228. The number of aliphatic hydroxyl groups excluding tert-OH is 1. The molecule has 4 heteroatoms. The predicted octanol–water partition coefficient (Wildman–Crippen LogP) is 0.226. The molecule has 0 aromatic carbocycles. The summed E-state index contributed by atoms with van der Waals surface area (Å²) in [5.74, 6) is 0.867. The van der Waals surface area contributed by atoms with Gasteiger partial charge < -0.3 is 5.11 Å². The maximum Gasteiger partial charge on any atom is 0.238 e. The molecule has 0 aromatic rings. The molecule has 14 heavy (non-hydrogen) atoms. The van der Waals surface area contributed by atoms with Crippen molar-refractivity contribution in [3.05, 3.63) is 0 Å². The van der Waals surface area contributed by atoms with Gasteiger partial charge in [0.1, 0.15) is 0 Å². The second kappa shape index (κ2) is 3.87. The van der Waals surface area contributed by atoms with Gasteiger partial charge in [-0.25, -0.2) is 5.01 Å². The molecule has 80 valence electrons. The fourth-order valence-corrected chi connectivity index (χ4v) is 2.44. The molecule has 2 rings (SSSR count). The standard InChI is InChI=1S/C10H18N2O2/c1-11-9(8-3-2-4-8)7-10(14)12(11)5-6-13/h8-9,13H,2-7H2,1H3. The lowest BCUT2D eigenvalue weighted by Gasteiger charge is -2.36. The summed E-state index contributed by atoms with van der Waals surface area (Å²) in [6.07, 6.45) is 4.47. The number of nitrogens with zero attached hydrogens (tertiary/aromatic N) is 2. The summed E-state index contributed by atoms with van der Waals surface area (Å²) in [5.41, 5.74) is 0. The third-order valence-electron chi connectivity index (χ3n) is 3.54. The van der Waals surface area contributed by atoms with Gasteiger partial charge in [0.25, 0.3) is 0 Å². The molecular formula is C10H18N2O2. The number of aliphatic hydroxyl groups is 1. The molecule has 0 radical (unpaired) electrons. The first-order valence-electron chi connectivity index (χ1n) is 5.38. The van der Waals surface area contributed by atoms with Crippen LogP contribution in [0.1, 0.15) is 25.7 Å². The van der Waals surface area contributed by atoms with Gasteiger partial charge in [0.15, 0.2) is 0 Å². The van der Waals surface area contributed by atoms with E-state index in [9.17, 15) is 4.79 Å². The normalized spacial score (nSPS) is 29.7. The highest BCUT2D eigenvalue weighted by molar-refractivity contribution is 5.78. The fraction of sp³-hybridized carbons (Fsp3) is 0.900. The third-order valence-corrected chi connectivity index (χ3v) is 3.54. The molecule has 1 N–H and O–H groups in total. The lowest BCUT2D eigenvalue weighted by atomic mass is 9.79. The van der Waals surface area contributed by atoms with Crippen LogP contribution in [-0.2, 0) is 4.79 Å². The zero-order valence-electron chi connectivity index (χ0n) is 8.65. The molecule has 0 bridgehead atoms. The van der Waals surface area contributed by atoms with Crippen molar-refractivity contribution in [3.8, 4) is 0 Å².